The summed E-state index contributed by atoms with van der Waals surface area (Å²) in [5.41, 5.74) is 3.83. The first-order valence-electron chi connectivity index (χ1n) is 8.03. The van der Waals surface area contributed by atoms with Crippen molar-refractivity contribution >= 4 is 34.0 Å². The summed E-state index contributed by atoms with van der Waals surface area (Å²) in [5, 5.41) is 5.71. The third-order valence-corrected chi connectivity index (χ3v) is 4.71. The molecule has 0 fully saturated rings. The molecule has 0 saturated carbocycles. The molecule has 5 nitrogen and oxygen atoms in total. The molecule has 0 unspecified atom stereocenters. The van der Waals surface area contributed by atoms with Crippen molar-refractivity contribution < 1.29 is 9.18 Å². The maximum Gasteiger partial charge on any atom is 0.230 e. The van der Waals surface area contributed by atoms with E-state index in [0.717, 1.165) is 27.3 Å². The highest BCUT2D eigenvalue weighted by Crippen LogP contribution is 2.23. The number of carbonyl (C=O) groups excluding carboxylic acids is 1. The quantitative estimate of drug-likeness (QED) is 0.565. The van der Waals surface area contributed by atoms with E-state index >= 15 is 0 Å². The number of hydrogen-bond donors (Lipinski definition) is 2. The van der Waals surface area contributed by atoms with Crippen LogP contribution in [-0.2, 0) is 11.2 Å². The number of benzene rings is 2. The van der Waals surface area contributed by atoms with E-state index < -0.39 is 0 Å². The Bertz CT molecular complexity index is 1080. The maximum absolute atomic E-state index is 13.1. The number of rotatable bonds is 4. The van der Waals surface area contributed by atoms with Crippen LogP contribution in [0.15, 0.2) is 47.8 Å². The van der Waals surface area contributed by atoms with Crippen LogP contribution in [0, 0.1) is 12.7 Å². The van der Waals surface area contributed by atoms with Crippen LogP contribution < -0.4 is 5.32 Å². The van der Waals surface area contributed by atoms with Crippen molar-refractivity contribution in [2.24, 2.45) is 0 Å². The van der Waals surface area contributed by atoms with Gasteiger partial charge < -0.3 is 10.3 Å². The highest BCUT2D eigenvalue weighted by molar-refractivity contribution is 7.09. The normalized spacial score (nSPS) is 11.0. The average Bonchev–Trinajstić information content (AvgIpc) is 3.21. The predicted octanol–water partition coefficient (Wildman–Crippen LogP) is 4.32. The summed E-state index contributed by atoms with van der Waals surface area (Å²) in [6.07, 6.45) is 0.242. The Balaban J connectivity index is 1.53. The lowest BCUT2D eigenvalue weighted by Crippen LogP contribution is -2.14. The molecule has 2 N–H and O–H groups in total. The molecule has 0 saturated heterocycles. The summed E-state index contributed by atoms with van der Waals surface area (Å²) in [5.74, 6) is 0.250. The van der Waals surface area contributed by atoms with Crippen molar-refractivity contribution in [1.82, 2.24) is 15.0 Å². The van der Waals surface area contributed by atoms with E-state index in [9.17, 15) is 9.18 Å². The molecule has 7 heteroatoms. The van der Waals surface area contributed by atoms with Crippen LogP contribution in [0.5, 0.6) is 0 Å². The lowest BCUT2D eigenvalue weighted by atomic mass is 10.2. The van der Waals surface area contributed by atoms with Gasteiger partial charge in [-0.05, 0) is 49.4 Å². The molecular weight excluding hydrogens is 351 g/mol. The number of hydrogen-bond acceptors (Lipinski definition) is 4. The van der Waals surface area contributed by atoms with E-state index in [0.29, 0.717) is 11.5 Å². The molecule has 2 aromatic heterocycles. The molecule has 2 aromatic carbocycles. The summed E-state index contributed by atoms with van der Waals surface area (Å²) < 4.78 is 13.1. The number of fused-ring (bicyclic) bond motifs is 1. The molecular formula is C19H15FN4OS. The molecule has 130 valence electrons. The van der Waals surface area contributed by atoms with Crippen LogP contribution in [0.4, 0.5) is 10.1 Å². The van der Waals surface area contributed by atoms with Crippen molar-refractivity contribution in [1.29, 1.82) is 0 Å². The van der Waals surface area contributed by atoms with Crippen molar-refractivity contribution in [3.63, 3.8) is 0 Å². The number of thiazole rings is 1. The predicted molar refractivity (Wildman–Crippen MR) is 101 cm³/mol. The van der Waals surface area contributed by atoms with Crippen molar-refractivity contribution in [2.45, 2.75) is 13.3 Å². The molecule has 0 spiro atoms. The van der Waals surface area contributed by atoms with E-state index in [1.807, 2.05) is 30.5 Å². The Kier molecular flexibility index (Phi) is 4.22. The van der Waals surface area contributed by atoms with Crippen LogP contribution in [0.3, 0.4) is 0 Å². The monoisotopic (exact) mass is 366 g/mol. The minimum absolute atomic E-state index is 0.118. The van der Waals surface area contributed by atoms with Gasteiger partial charge in [0.15, 0.2) is 0 Å². The Hall–Kier alpha value is -3.06. The number of aromatic nitrogens is 3. The summed E-state index contributed by atoms with van der Waals surface area (Å²) in [4.78, 5) is 24.2. The van der Waals surface area contributed by atoms with Gasteiger partial charge in [0.25, 0.3) is 0 Å². The summed E-state index contributed by atoms with van der Waals surface area (Å²) >= 11 is 1.53. The van der Waals surface area contributed by atoms with Gasteiger partial charge in [-0.2, -0.15) is 0 Å². The largest absolute Gasteiger partial charge is 0.338 e. The molecule has 0 bridgehead atoms. The number of amides is 1. The van der Waals surface area contributed by atoms with Gasteiger partial charge in [-0.1, -0.05) is 0 Å². The number of anilines is 1. The first kappa shape index (κ1) is 16.4. The lowest BCUT2D eigenvalue weighted by Gasteiger charge is -2.03. The van der Waals surface area contributed by atoms with Gasteiger partial charge in [0.1, 0.15) is 11.6 Å². The number of carbonyl (C=O) groups is 1. The van der Waals surface area contributed by atoms with Gasteiger partial charge in [0.05, 0.1) is 28.2 Å². The molecule has 0 aliphatic rings. The Morgan fingerprint density at radius 2 is 2.00 bits per heavy atom. The highest BCUT2D eigenvalue weighted by Gasteiger charge is 2.09. The fourth-order valence-corrected chi connectivity index (χ4v) is 3.30. The molecule has 0 radical (unpaired) electrons. The van der Waals surface area contributed by atoms with Crippen LogP contribution in [0.2, 0.25) is 0 Å². The van der Waals surface area contributed by atoms with E-state index in [4.69, 9.17) is 0 Å². The molecule has 0 atom stereocenters. The van der Waals surface area contributed by atoms with E-state index in [1.54, 1.807) is 12.1 Å². The Labute approximate surface area is 152 Å². The second kappa shape index (κ2) is 6.68. The van der Waals surface area contributed by atoms with Crippen LogP contribution >= 0.6 is 11.3 Å². The van der Waals surface area contributed by atoms with Crippen LogP contribution in [-0.4, -0.2) is 20.9 Å². The number of imidazole rings is 1. The number of halogens is 1. The SMILES string of the molecule is Cc1nc(CC(=O)Nc2ccc3nc(-c4ccc(F)cc4)[nH]c3c2)cs1. The Morgan fingerprint density at radius 1 is 1.19 bits per heavy atom. The fourth-order valence-electron chi connectivity index (χ4n) is 2.69. The number of H-pyrrole nitrogens is 1. The minimum atomic E-state index is -0.287. The average molecular weight is 366 g/mol. The van der Waals surface area contributed by atoms with Crippen LogP contribution in [0.25, 0.3) is 22.4 Å². The van der Waals surface area contributed by atoms with Crippen molar-refractivity contribution in [3.05, 3.63) is 64.4 Å². The van der Waals surface area contributed by atoms with Gasteiger partial charge in [-0.25, -0.2) is 14.4 Å². The highest BCUT2D eigenvalue weighted by atomic mass is 32.1. The number of nitrogens with one attached hydrogen (secondary N) is 2. The second-order valence-corrected chi connectivity index (χ2v) is 6.97. The number of aryl methyl sites for hydroxylation is 1. The number of nitrogens with zero attached hydrogens (tertiary/aromatic N) is 2. The number of aromatic amines is 1. The zero-order valence-electron chi connectivity index (χ0n) is 13.9. The summed E-state index contributed by atoms with van der Waals surface area (Å²) in [6, 6.07) is 11.6. The molecule has 26 heavy (non-hydrogen) atoms. The Morgan fingerprint density at radius 3 is 2.73 bits per heavy atom. The zero-order valence-corrected chi connectivity index (χ0v) is 14.7. The molecule has 1 amide bonds. The second-order valence-electron chi connectivity index (χ2n) is 5.91. The van der Waals surface area contributed by atoms with Gasteiger partial charge in [0, 0.05) is 16.6 Å². The summed E-state index contributed by atoms with van der Waals surface area (Å²) in [6.45, 7) is 1.91. The van der Waals surface area contributed by atoms with Crippen LogP contribution in [0.1, 0.15) is 10.7 Å². The van der Waals surface area contributed by atoms with E-state index in [1.165, 1.54) is 23.5 Å². The lowest BCUT2D eigenvalue weighted by molar-refractivity contribution is -0.115. The summed E-state index contributed by atoms with van der Waals surface area (Å²) in [7, 11) is 0. The van der Waals surface area contributed by atoms with E-state index in [2.05, 4.69) is 20.3 Å². The minimum Gasteiger partial charge on any atom is -0.338 e. The van der Waals surface area contributed by atoms with Gasteiger partial charge in [-0.15, -0.1) is 11.3 Å². The van der Waals surface area contributed by atoms with Crippen molar-refractivity contribution in [3.8, 4) is 11.4 Å². The topological polar surface area (TPSA) is 70.7 Å². The molecule has 4 aromatic rings. The standard InChI is InChI=1S/C19H15FN4OS/c1-11-21-15(10-26-11)9-18(25)22-14-6-7-16-17(8-14)24-19(23-16)12-2-4-13(20)5-3-12/h2-8,10H,9H2,1H3,(H,22,25)(H,23,24). The third-order valence-electron chi connectivity index (χ3n) is 3.89. The van der Waals surface area contributed by atoms with Gasteiger partial charge in [-0.3, -0.25) is 4.79 Å². The fraction of sp³-hybridized carbons (Fsp3) is 0.105. The molecule has 0 aliphatic carbocycles. The van der Waals surface area contributed by atoms with Gasteiger partial charge >= 0.3 is 0 Å². The zero-order chi connectivity index (χ0) is 18.1. The van der Waals surface area contributed by atoms with E-state index in [-0.39, 0.29) is 18.1 Å². The molecule has 0 aliphatic heterocycles. The smallest absolute Gasteiger partial charge is 0.230 e. The third kappa shape index (κ3) is 3.48. The van der Waals surface area contributed by atoms with Gasteiger partial charge in [0.2, 0.25) is 5.91 Å². The first-order chi connectivity index (χ1) is 12.6. The first-order valence-corrected chi connectivity index (χ1v) is 8.91. The molecule has 4 rings (SSSR count). The van der Waals surface area contributed by atoms with Crippen molar-refractivity contribution in [2.75, 3.05) is 5.32 Å². The molecule has 2 heterocycles. The maximum atomic E-state index is 13.1.